The minimum absolute atomic E-state index is 0.186. The molecule has 0 bridgehead atoms. The maximum atomic E-state index is 9.19. The molecule has 0 saturated carbocycles. The number of aliphatic hydroxyl groups excluding tert-OH is 2. The Balaban J connectivity index is 2.64. The molecule has 2 N–H and O–H groups in total. The fourth-order valence-electron chi connectivity index (χ4n) is 1.53. The van der Waals surface area contributed by atoms with Gasteiger partial charge >= 0.3 is 0 Å². The third-order valence-corrected chi connectivity index (χ3v) is 2.33. The SMILES string of the molecule is CC(O)CCc1ccccc1CCO. The smallest absolute Gasteiger partial charge is 0.0515 e. The fourth-order valence-corrected chi connectivity index (χ4v) is 1.53. The molecule has 2 nitrogen and oxygen atoms in total. The average molecular weight is 194 g/mol. The molecule has 0 aliphatic carbocycles. The molecule has 78 valence electrons. The Morgan fingerprint density at radius 3 is 2.21 bits per heavy atom. The molecule has 0 fully saturated rings. The number of benzene rings is 1. The van der Waals surface area contributed by atoms with Crippen LogP contribution in [0.2, 0.25) is 0 Å². The molecule has 1 aromatic carbocycles. The fraction of sp³-hybridized carbons (Fsp3) is 0.500. The molecule has 1 rings (SSSR count). The summed E-state index contributed by atoms with van der Waals surface area (Å²) >= 11 is 0. The van der Waals surface area contributed by atoms with Gasteiger partial charge in [-0.05, 0) is 37.3 Å². The Bertz CT molecular complexity index is 269. The van der Waals surface area contributed by atoms with Gasteiger partial charge in [-0.2, -0.15) is 0 Å². The van der Waals surface area contributed by atoms with E-state index in [1.54, 1.807) is 6.92 Å². The van der Waals surface area contributed by atoms with Gasteiger partial charge < -0.3 is 10.2 Å². The van der Waals surface area contributed by atoms with Crippen molar-refractivity contribution in [3.8, 4) is 0 Å². The first-order chi connectivity index (χ1) is 6.74. The van der Waals surface area contributed by atoms with Crippen LogP contribution < -0.4 is 0 Å². The third kappa shape index (κ3) is 3.48. The van der Waals surface area contributed by atoms with Crippen molar-refractivity contribution in [1.82, 2.24) is 0 Å². The van der Waals surface area contributed by atoms with Crippen LogP contribution in [-0.4, -0.2) is 22.9 Å². The van der Waals surface area contributed by atoms with Crippen molar-refractivity contribution in [3.63, 3.8) is 0 Å². The number of aliphatic hydroxyl groups is 2. The predicted molar refractivity (Wildman–Crippen MR) is 57.2 cm³/mol. The zero-order valence-electron chi connectivity index (χ0n) is 8.61. The summed E-state index contributed by atoms with van der Waals surface area (Å²) in [6.45, 7) is 1.99. The molecule has 2 heteroatoms. The van der Waals surface area contributed by atoms with Crippen LogP contribution in [0.3, 0.4) is 0 Å². The van der Waals surface area contributed by atoms with Gasteiger partial charge in [0.25, 0.3) is 0 Å². The lowest BCUT2D eigenvalue weighted by Crippen LogP contribution is -2.04. The molecule has 0 amide bonds. The van der Waals surface area contributed by atoms with Gasteiger partial charge in [0.2, 0.25) is 0 Å². The minimum Gasteiger partial charge on any atom is -0.396 e. The second kappa shape index (κ2) is 5.78. The summed E-state index contributed by atoms with van der Waals surface area (Å²) < 4.78 is 0. The zero-order chi connectivity index (χ0) is 10.4. The third-order valence-electron chi connectivity index (χ3n) is 2.33. The molecule has 0 saturated heterocycles. The summed E-state index contributed by atoms with van der Waals surface area (Å²) in [5.41, 5.74) is 2.43. The van der Waals surface area contributed by atoms with Crippen molar-refractivity contribution in [2.75, 3.05) is 6.61 Å². The highest BCUT2D eigenvalue weighted by Gasteiger charge is 2.02. The van der Waals surface area contributed by atoms with Gasteiger partial charge in [0.05, 0.1) is 6.10 Å². The molecule has 0 heterocycles. The van der Waals surface area contributed by atoms with Crippen LogP contribution in [0, 0.1) is 0 Å². The highest BCUT2D eigenvalue weighted by atomic mass is 16.3. The number of hydrogen-bond acceptors (Lipinski definition) is 2. The van der Waals surface area contributed by atoms with E-state index in [1.807, 2.05) is 18.2 Å². The minimum atomic E-state index is -0.253. The maximum Gasteiger partial charge on any atom is 0.0515 e. The van der Waals surface area contributed by atoms with Crippen molar-refractivity contribution in [2.45, 2.75) is 32.3 Å². The van der Waals surface area contributed by atoms with E-state index in [2.05, 4.69) is 6.07 Å². The van der Waals surface area contributed by atoms with Gasteiger partial charge in [0, 0.05) is 6.61 Å². The summed E-state index contributed by atoms with van der Waals surface area (Å²) in [5.74, 6) is 0. The Kier molecular flexibility index (Phi) is 4.63. The van der Waals surface area contributed by atoms with E-state index in [9.17, 15) is 5.11 Å². The van der Waals surface area contributed by atoms with Gasteiger partial charge in [-0.1, -0.05) is 24.3 Å². The summed E-state index contributed by atoms with van der Waals surface area (Å²) in [6.07, 6.45) is 2.11. The molecule has 0 radical (unpaired) electrons. The predicted octanol–water partition coefficient (Wildman–Crippen LogP) is 1.53. The van der Waals surface area contributed by atoms with Crippen molar-refractivity contribution < 1.29 is 10.2 Å². The summed E-state index contributed by atoms with van der Waals surface area (Å²) in [6, 6.07) is 8.08. The van der Waals surface area contributed by atoms with E-state index in [1.165, 1.54) is 11.1 Å². The lowest BCUT2D eigenvalue weighted by molar-refractivity contribution is 0.185. The highest BCUT2D eigenvalue weighted by Crippen LogP contribution is 2.12. The first-order valence-electron chi connectivity index (χ1n) is 5.09. The van der Waals surface area contributed by atoms with Crippen LogP contribution in [0.5, 0.6) is 0 Å². The van der Waals surface area contributed by atoms with Crippen LogP contribution in [0.15, 0.2) is 24.3 Å². The molecule has 14 heavy (non-hydrogen) atoms. The number of rotatable bonds is 5. The Labute approximate surface area is 85.2 Å². The second-order valence-corrected chi connectivity index (χ2v) is 3.63. The van der Waals surface area contributed by atoms with Crippen molar-refractivity contribution in [2.24, 2.45) is 0 Å². The van der Waals surface area contributed by atoms with Crippen molar-refractivity contribution >= 4 is 0 Å². The summed E-state index contributed by atoms with van der Waals surface area (Å²) in [5, 5.41) is 18.1. The summed E-state index contributed by atoms with van der Waals surface area (Å²) in [4.78, 5) is 0. The first kappa shape index (κ1) is 11.2. The molecular weight excluding hydrogens is 176 g/mol. The molecule has 1 aromatic rings. The van der Waals surface area contributed by atoms with Crippen LogP contribution in [0.1, 0.15) is 24.5 Å². The Morgan fingerprint density at radius 2 is 1.71 bits per heavy atom. The van der Waals surface area contributed by atoms with Gasteiger partial charge in [0.15, 0.2) is 0 Å². The van der Waals surface area contributed by atoms with E-state index in [4.69, 9.17) is 5.11 Å². The van der Waals surface area contributed by atoms with Crippen molar-refractivity contribution in [3.05, 3.63) is 35.4 Å². The largest absolute Gasteiger partial charge is 0.396 e. The zero-order valence-corrected chi connectivity index (χ0v) is 8.61. The van der Waals surface area contributed by atoms with Crippen LogP contribution >= 0.6 is 0 Å². The number of hydrogen-bond donors (Lipinski definition) is 2. The molecular formula is C12H18O2. The lowest BCUT2D eigenvalue weighted by Gasteiger charge is -2.09. The normalized spacial score (nSPS) is 12.8. The Hall–Kier alpha value is -0.860. The average Bonchev–Trinajstić information content (AvgIpc) is 2.17. The molecule has 0 aliphatic rings. The molecule has 1 atom stereocenters. The maximum absolute atomic E-state index is 9.19. The molecule has 0 aliphatic heterocycles. The van der Waals surface area contributed by atoms with E-state index in [0.29, 0.717) is 6.42 Å². The van der Waals surface area contributed by atoms with Crippen molar-refractivity contribution in [1.29, 1.82) is 0 Å². The monoisotopic (exact) mass is 194 g/mol. The van der Waals surface area contributed by atoms with Crippen LogP contribution in [-0.2, 0) is 12.8 Å². The van der Waals surface area contributed by atoms with Gasteiger partial charge in [0.1, 0.15) is 0 Å². The molecule has 1 unspecified atom stereocenters. The van der Waals surface area contributed by atoms with Gasteiger partial charge in [-0.3, -0.25) is 0 Å². The van der Waals surface area contributed by atoms with Gasteiger partial charge in [-0.25, -0.2) is 0 Å². The van der Waals surface area contributed by atoms with Crippen LogP contribution in [0.25, 0.3) is 0 Å². The number of aryl methyl sites for hydroxylation is 1. The molecule has 0 spiro atoms. The standard InChI is InChI=1S/C12H18O2/c1-10(14)6-7-11-4-2-3-5-12(11)8-9-13/h2-5,10,13-14H,6-9H2,1H3. The highest BCUT2D eigenvalue weighted by molar-refractivity contribution is 5.27. The Morgan fingerprint density at radius 1 is 1.14 bits per heavy atom. The lowest BCUT2D eigenvalue weighted by atomic mass is 9.99. The first-order valence-corrected chi connectivity index (χ1v) is 5.09. The van der Waals surface area contributed by atoms with Crippen LogP contribution in [0.4, 0.5) is 0 Å². The van der Waals surface area contributed by atoms with E-state index in [0.717, 1.165) is 12.8 Å². The topological polar surface area (TPSA) is 40.5 Å². The quantitative estimate of drug-likeness (QED) is 0.746. The summed E-state index contributed by atoms with van der Waals surface area (Å²) in [7, 11) is 0. The van der Waals surface area contributed by atoms with E-state index < -0.39 is 0 Å². The second-order valence-electron chi connectivity index (χ2n) is 3.63. The van der Waals surface area contributed by atoms with Gasteiger partial charge in [-0.15, -0.1) is 0 Å². The molecule has 0 aromatic heterocycles. The van der Waals surface area contributed by atoms with E-state index in [-0.39, 0.29) is 12.7 Å². The van der Waals surface area contributed by atoms with E-state index >= 15 is 0 Å².